The maximum Gasteiger partial charge on any atom is 0.323 e. The molecule has 0 amide bonds. The first-order chi connectivity index (χ1) is 7.93. The summed E-state index contributed by atoms with van der Waals surface area (Å²) in [7, 11) is 0. The monoisotopic (exact) mass is 259 g/mol. The Hall–Kier alpha value is -1.10. The summed E-state index contributed by atoms with van der Waals surface area (Å²) in [6, 6.07) is -0.767. The highest BCUT2D eigenvalue weighted by molar-refractivity contribution is 5.76. The van der Waals surface area contributed by atoms with E-state index >= 15 is 0 Å². The van der Waals surface area contributed by atoms with E-state index in [-0.39, 0.29) is 19.0 Å². The summed E-state index contributed by atoms with van der Waals surface area (Å²) < 4.78 is 10.2. The molecule has 106 valence electrons. The first-order valence-corrected chi connectivity index (χ1v) is 6.09. The van der Waals surface area contributed by atoms with Gasteiger partial charge in [0.15, 0.2) is 0 Å². The van der Waals surface area contributed by atoms with Crippen LogP contribution >= 0.6 is 0 Å². The van der Waals surface area contributed by atoms with Gasteiger partial charge in [-0.1, -0.05) is 0 Å². The molecule has 0 bridgehead atoms. The Labute approximate surface area is 109 Å². The van der Waals surface area contributed by atoms with Crippen LogP contribution in [0.5, 0.6) is 0 Å². The summed E-state index contributed by atoms with van der Waals surface area (Å²) in [5.41, 5.74) is 4.55. The number of rotatable bonds is 4. The molecule has 0 saturated heterocycles. The van der Waals surface area contributed by atoms with Crippen molar-refractivity contribution in [1.29, 1.82) is 0 Å². The second kappa shape index (κ2) is 6.18. The van der Waals surface area contributed by atoms with Crippen LogP contribution in [0.4, 0.5) is 0 Å². The molecule has 0 radical (unpaired) electrons. The largest absolute Gasteiger partial charge is 0.465 e. The highest BCUT2D eigenvalue weighted by Gasteiger charge is 2.25. The van der Waals surface area contributed by atoms with Crippen LogP contribution in [0.3, 0.4) is 0 Å². The van der Waals surface area contributed by atoms with Gasteiger partial charge in [0.25, 0.3) is 0 Å². The highest BCUT2D eigenvalue weighted by Crippen LogP contribution is 2.15. The Balaban J connectivity index is 4.02. The van der Waals surface area contributed by atoms with Crippen LogP contribution in [0.1, 0.15) is 48.0 Å². The highest BCUT2D eigenvalue weighted by atomic mass is 16.6. The summed E-state index contributed by atoms with van der Waals surface area (Å²) in [4.78, 5) is 23.0. The third kappa shape index (κ3) is 7.27. The molecule has 0 aromatic rings. The Kier molecular flexibility index (Phi) is 5.80. The molecule has 0 saturated carbocycles. The molecule has 0 heterocycles. The number of hydrogen-bond donors (Lipinski definition) is 1. The molecule has 0 rings (SSSR count). The van der Waals surface area contributed by atoms with E-state index in [4.69, 9.17) is 15.2 Å². The lowest BCUT2D eigenvalue weighted by molar-refractivity contribution is -0.159. The molecule has 0 fully saturated rings. The van der Waals surface area contributed by atoms with E-state index in [1.165, 1.54) is 0 Å². The van der Waals surface area contributed by atoms with Gasteiger partial charge in [-0.2, -0.15) is 0 Å². The van der Waals surface area contributed by atoms with Crippen LogP contribution in [0.2, 0.25) is 0 Å². The first kappa shape index (κ1) is 16.9. The van der Waals surface area contributed by atoms with Crippen molar-refractivity contribution in [3.05, 3.63) is 0 Å². The number of ether oxygens (including phenoxy) is 2. The summed E-state index contributed by atoms with van der Waals surface area (Å²) in [6.45, 7) is 10.7. The smallest absolute Gasteiger partial charge is 0.323 e. The van der Waals surface area contributed by atoms with Crippen molar-refractivity contribution in [3.63, 3.8) is 0 Å². The van der Waals surface area contributed by atoms with E-state index < -0.39 is 23.0 Å². The average Bonchev–Trinajstić information content (AvgIpc) is 2.12. The topological polar surface area (TPSA) is 78.6 Å². The maximum absolute atomic E-state index is 11.5. The minimum atomic E-state index is -0.767. The summed E-state index contributed by atoms with van der Waals surface area (Å²) >= 11 is 0. The Bertz CT molecular complexity index is 299. The van der Waals surface area contributed by atoms with E-state index in [2.05, 4.69) is 0 Å². The number of hydrogen-bond acceptors (Lipinski definition) is 5. The van der Waals surface area contributed by atoms with Crippen LogP contribution < -0.4 is 5.73 Å². The van der Waals surface area contributed by atoms with Crippen molar-refractivity contribution >= 4 is 11.9 Å². The van der Waals surface area contributed by atoms with Gasteiger partial charge in [0.1, 0.15) is 11.6 Å². The number of esters is 2. The van der Waals surface area contributed by atoms with Gasteiger partial charge in [0.05, 0.1) is 12.0 Å². The minimum Gasteiger partial charge on any atom is -0.465 e. The molecular formula is C13H25NO4. The molecule has 0 aromatic heterocycles. The zero-order chi connectivity index (χ0) is 14.6. The fraction of sp³-hybridized carbons (Fsp3) is 0.846. The van der Waals surface area contributed by atoms with Crippen molar-refractivity contribution in [1.82, 2.24) is 0 Å². The van der Waals surface area contributed by atoms with Gasteiger partial charge in [-0.15, -0.1) is 0 Å². The second-order valence-corrected chi connectivity index (χ2v) is 6.31. The quantitative estimate of drug-likeness (QED) is 0.776. The maximum atomic E-state index is 11.5. The van der Waals surface area contributed by atoms with Crippen molar-refractivity contribution in [2.45, 2.75) is 59.6 Å². The molecule has 0 aliphatic rings. The molecule has 2 N–H and O–H groups in total. The molecule has 1 atom stereocenters. The van der Waals surface area contributed by atoms with E-state index in [1.807, 2.05) is 0 Å². The van der Waals surface area contributed by atoms with Crippen molar-refractivity contribution < 1.29 is 19.1 Å². The van der Waals surface area contributed by atoms with Crippen LogP contribution in [-0.4, -0.2) is 30.2 Å². The average molecular weight is 259 g/mol. The molecule has 0 aromatic carbocycles. The van der Waals surface area contributed by atoms with Crippen LogP contribution in [-0.2, 0) is 19.1 Å². The zero-order valence-electron chi connectivity index (χ0n) is 12.2. The molecule has 0 unspecified atom stereocenters. The number of carbonyl (C=O) groups is 2. The zero-order valence-corrected chi connectivity index (χ0v) is 12.2. The molecule has 18 heavy (non-hydrogen) atoms. The Morgan fingerprint density at radius 1 is 1.11 bits per heavy atom. The van der Waals surface area contributed by atoms with Crippen LogP contribution in [0, 0.1) is 5.41 Å². The third-order valence-corrected chi connectivity index (χ3v) is 1.98. The van der Waals surface area contributed by atoms with Gasteiger partial charge < -0.3 is 15.2 Å². The van der Waals surface area contributed by atoms with Gasteiger partial charge in [0.2, 0.25) is 0 Å². The van der Waals surface area contributed by atoms with Crippen molar-refractivity contribution in [3.8, 4) is 0 Å². The van der Waals surface area contributed by atoms with Crippen molar-refractivity contribution in [2.24, 2.45) is 11.1 Å². The lowest BCUT2D eigenvalue weighted by Gasteiger charge is -2.22. The third-order valence-electron chi connectivity index (χ3n) is 1.98. The van der Waals surface area contributed by atoms with E-state index in [9.17, 15) is 9.59 Å². The van der Waals surface area contributed by atoms with E-state index in [1.54, 1.807) is 41.5 Å². The van der Waals surface area contributed by atoms with E-state index in [0.717, 1.165) is 0 Å². The van der Waals surface area contributed by atoms with Gasteiger partial charge in [-0.05, 0) is 41.5 Å². The predicted octanol–water partition coefficient (Wildman–Crippen LogP) is 1.63. The fourth-order valence-corrected chi connectivity index (χ4v) is 0.990. The lowest BCUT2D eigenvalue weighted by Crippen LogP contribution is -2.38. The molecule has 5 heteroatoms. The molecular weight excluding hydrogens is 234 g/mol. The molecule has 5 nitrogen and oxygen atoms in total. The van der Waals surface area contributed by atoms with Gasteiger partial charge in [0, 0.05) is 6.42 Å². The minimum absolute atomic E-state index is 0.122. The molecule has 0 aliphatic heterocycles. The standard InChI is InChI=1S/C13H25NO4/c1-12(2,3)11(16)17-8-7-9(14)10(15)18-13(4,5)6/h9H,7-8,14H2,1-6H3/t9-/m1/s1. The normalized spacial score (nSPS) is 13.9. The van der Waals surface area contributed by atoms with E-state index in [0.29, 0.717) is 0 Å². The Morgan fingerprint density at radius 2 is 1.61 bits per heavy atom. The fourth-order valence-electron chi connectivity index (χ4n) is 0.990. The van der Waals surface area contributed by atoms with Gasteiger partial charge in [-0.3, -0.25) is 9.59 Å². The summed E-state index contributed by atoms with van der Waals surface area (Å²) in [6.07, 6.45) is 0.261. The Morgan fingerprint density at radius 3 is 2.00 bits per heavy atom. The number of carbonyl (C=O) groups excluding carboxylic acids is 2. The SMILES string of the molecule is CC(C)(C)OC(=O)[C@H](N)CCOC(=O)C(C)(C)C. The summed E-state index contributed by atoms with van der Waals surface area (Å²) in [5, 5.41) is 0. The molecule has 0 spiro atoms. The van der Waals surface area contributed by atoms with Gasteiger partial charge in [-0.25, -0.2) is 0 Å². The summed E-state index contributed by atoms with van der Waals surface area (Å²) in [5.74, 6) is -0.784. The predicted molar refractivity (Wildman–Crippen MR) is 68.9 cm³/mol. The first-order valence-electron chi connectivity index (χ1n) is 6.09. The van der Waals surface area contributed by atoms with Crippen molar-refractivity contribution in [2.75, 3.05) is 6.61 Å². The van der Waals surface area contributed by atoms with Crippen LogP contribution in [0.25, 0.3) is 0 Å². The number of nitrogens with two attached hydrogens (primary N) is 1. The second-order valence-electron chi connectivity index (χ2n) is 6.31. The lowest BCUT2D eigenvalue weighted by atomic mass is 9.97. The molecule has 0 aliphatic carbocycles. The van der Waals surface area contributed by atoms with Gasteiger partial charge >= 0.3 is 11.9 Å². The van der Waals surface area contributed by atoms with Crippen LogP contribution in [0.15, 0.2) is 0 Å².